The van der Waals surface area contributed by atoms with Gasteiger partial charge in [-0.3, -0.25) is 0 Å². The standard InChI is InChI=1S/C8H12NO3P.C3H6O3/c9-6-7-13(10,11)12-8-4-2-1-3-5-8;1-2(4)3(5)6/h1-5H,6-7,9H2,(H,10,11);2,4H,1H3,(H,5,6). The summed E-state index contributed by atoms with van der Waals surface area (Å²) in [7, 11) is -3.54. The first-order valence-electron chi connectivity index (χ1n) is 5.46. The van der Waals surface area contributed by atoms with Crippen LogP contribution in [0.5, 0.6) is 5.75 Å². The van der Waals surface area contributed by atoms with Crippen molar-refractivity contribution in [2.45, 2.75) is 13.0 Å². The van der Waals surface area contributed by atoms with E-state index in [2.05, 4.69) is 0 Å². The number of hydrogen-bond acceptors (Lipinski definition) is 5. The van der Waals surface area contributed by atoms with Gasteiger partial charge < -0.3 is 25.4 Å². The normalized spacial score (nSPS) is 14.5. The second kappa shape index (κ2) is 8.66. The highest BCUT2D eigenvalue weighted by Gasteiger charge is 2.18. The van der Waals surface area contributed by atoms with Gasteiger partial charge in [-0.1, -0.05) is 18.2 Å². The molecule has 8 heteroatoms. The molecule has 0 aromatic heterocycles. The first-order chi connectivity index (χ1) is 8.78. The third-order valence-electron chi connectivity index (χ3n) is 1.76. The van der Waals surface area contributed by atoms with Crippen molar-refractivity contribution in [3.63, 3.8) is 0 Å². The molecule has 19 heavy (non-hydrogen) atoms. The molecule has 0 bridgehead atoms. The van der Waals surface area contributed by atoms with Gasteiger partial charge in [0, 0.05) is 6.54 Å². The van der Waals surface area contributed by atoms with E-state index < -0.39 is 19.7 Å². The van der Waals surface area contributed by atoms with Gasteiger partial charge in [-0.25, -0.2) is 9.36 Å². The van der Waals surface area contributed by atoms with Gasteiger partial charge >= 0.3 is 13.6 Å². The summed E-state index contributed by atoms with van der Waals surface area (Å²) < 4.78 is 16.1. The second-order valence-electron chi connectivity index (χ2n) is 3.57. The summed E-state index contributed by atoms with van der Waals surface area (Å²) in [4.78, 5) is 18.7. The lowest BCUT2D eigenvalue weighted by Crippen LogP contribution is -2.13. The minimum Gasteiger partial charge on any atom is -0.479 e. The number of carboxylic acid groups (broad SMARTS) is 1. The van der Waals surface area contributed by atoms with E-state index >= 15 is 0 Å². The van der Waals surface area contributed by atoms with Gasteiger partial charge in [0.25, 0.3) is 0 Å². The van der Waals surface area contributed by atoms with Crippen molar-refractivity contribution in [1.82, 2.24) is 0 Å². The monoisotopic (exact) mass is 291 g/mol. The summed E-state index contributed by atoms with van der Waals surface area (Å²) in [5.41, 5.74) is 5.16. The van der Waals surface area contributed by atoms with Crippen molar-refractivity contribution in [3.8, 4) is 5.75 Å². The number of nitrogens with two attached hydrogens (primary N) is 1. The summed E-state index contributed by atoms with van der Waals surface area (Å²) in [6, 6.07) is 8.52. The molecule has 0 fully saturated rings. The Kier molecular flexibility index (Phi) is 8.02. The third kappa shape index (κ3) is 9.21. The van der Waals surface area contributed by atoms with E-state index in [4.69, 9.17) is 20.5 Å². The summed E-state index contributed by atoms with van der Waals surface area (Å²) in [6.45, 7) is 1.34. The Morgan fingerprint density at radius 2 is 1.89 bits per heavy atom. The Morgan fingerprint density at radius 1 is 1.42 bits per heavy atom. The highest BCUT2D eigenvalue weighted by molar-refractivity contribution is 7.53. The van der Waals surface area contributed by atoms with Gasteiger partial charge in [-0.15, -0.1) is 0 Å². The van der Waals surface area contributed by atoms with Crippen LogP contribution in [0, 0.1) is 0 Å². The molecular weight excluding hydrogens is 273 g/mol. The topological polar surface area (TPSA) is 130 Å². The maximum Gasteiger partial charge on any atom is 0.377 e. The van der Waals surface area contributed by atoms with Crippen LogP contribution in [0.15, 0.2) is 30.3 Å². The van der Waals surface area contributed by atoms with Gasteiger partial charge in [0.2, 0.25) is 0 Å². The maximum atomic E-state index is 11.2. The molecule has 2 atom stereocenters. The highest BCUT2D eigenvalue weighted by atomic mass is 31.2. The van der Waals surface area contributed by atoms with Crippen molar-refractivity contribution >= 4 is 13.6 Å². The molecule has 0 aliphatic carbocycles. The number of hydrogen-bond donors (Lipinski definition) is 4. The van der Waals surface area contributed by atoms with Crippen molar-refractivity contribution in [2.75, 3.05) is 12.7 Å². The van der Waals surface area contributed by atoms with Crippen LogP contribution in [0.2, 0.25) is 0 Å². The number of carbonyl (C=O) groups is 1. The lowest BCUT2D eigenvalue weighted by atomic mass is 10.3. The number of aliphatic hydroxyl groups is 1. The molecule has 1 rings (SSSR count). The third-order valence-corrected chi connectivity index (χ3v) is 3.08. The number of carboxylic acids is 1. The average Bonchev–Trinajstić information content (AvgIpc) is 2.30. The molecule has 0 heterocycles. The minimum absolute atomic E-state index is 0.0259. The predicted octanol–water partition coefficient (Wildman–Crippen LogP) is 0.661. The summed E-state index contributed by atoms with van der Waals surface area (Å²) in [5.74, 6) is -0.795. The highest BCUT2D eigenvalue weighted by Crippen LogP contribution is 2.41. The average molecular weight is 291 g/mol. The first kappa shape index (κ1) is 17.6. The Labute approximate surface area is 111 Å². The van der Waals surface area contributed by atoms with Gasteiger partial charge in [0.05, 0.1) is 6.16 Å². The molecule has 0 amide bonds. The number of para-hydroxylation sites is 1. The van der Waals surface area contributed by atoms with E-state index in [1.165, 1.54) is 6.92 Å². The zero-order chi connectivity index (χ0) is 14.9. The zero-order valence-corrected chi connectivity index (χ0v) is 11.4. The molecule has 0 aliphatic heterocycles. The Bertz CT molecular complexity index is 422. The fraction of sp³-hybridized carbons (Fsp3) is 0.364. The van der Waals surface area contributed by atoms with E-state index in [-0.39, 0.29) is 12.7 Å². The van der Waals surface area contributed by atoms with Crippen LogP contribution in [-0.2, 0) is 9.36 Å². The van der Waals surface area contributed by atoms with Crippen LogP contribution in [0.3, 0.4) is 0 Å². The first-order valence-corrected chi connectivity index (χ1v) is 7.22. The van der Waals surface area contributed by atoms with Gasteiger partial charge in [0.15, 0.2) is 0 Å². The van der Waals surface area contributed by atoms with Crippen molar-refractivity contribution in [1.29, 1.82) is 0 Å². The van der Waals surface area contributed by atoms with Crippen molar-refractivity contribution in [3.05, 3.63) is 30.3 Å². The van der Waals surface area contributed by atoms with Crippen LogP contribution < -0.4 is 10.3 Å². The minimum atomic E-state index is -3.54. The van der Waals surface area contributed by atoms with Crippen LogP contribution in [0.4, 0.5) is 0 Å². The Balaban J connectivity index is 0.000000459. The van der Waals surface area contributed by atoms with Crippen molar-refractivity contribution < 1.29 is 29.0 Å². The summed E-state index contributed by atoms with van der Waals surface area (Å²) in [6.07, 6.45) is -1.26. The quantitative estimate of drug-likeness (QED) is 0.586. The number of rotatable bonds is 5. The van der Waals surface area contributed by atoms with E-state index in [1.54, 1.807) is 30.3 Å². The number of aliphatic hydroxyl groups excluding tert-OH is 1. The maximum absolute atomic E-state index is 11.2. The molecule has 0 saturated carbocycles. The Morgan fingerprint density at radius 3 is 2.26 bits per heavy atom. The molecule has 1 aromatic rings. The predicted molar refractivity (Wildman–Crippen MR) is 70.1 cm³/mol. The van der Waals surface area contributed by atoms with E-state index in [1.807, 2.05) is 0 Å². The molecule has 108 valence electrons. The fourth-order valence-electron chi connectivity index (χ4n) is 0.855. The van der Waals surface area contributed by atoms with Gasteiger partial charge in [0.1, 0.15) is 11.9 Å². The SMILES string of the molecule is CC(O)C(=O)O.NCCP(=O)(O)Oc1ccccc1. The van der Waals surface area contributed by atoms with E-state index in [0.29, 0.717) is 5.75 Å². The van der Waals surface area contributed by atoms with Gasteiger partial charge in [-0.2, -0.15) is 0 Å². The van der Waals surface area contributed by atoms with Crippen LogP contribution in [0.25, 0.3) is 0 Å². The molecule has 0 radical (unpaired) electrons. The lowest BCUT2D eigenvalue weighted by molar-refractivity contribution is -0.145. The zero-order valence-electron chi connectivity index (χ0n) is 10.5. The van der Waals surface area contributed by atoms with Crippen LogP contribution >= 0.6 is 7.60 Å². The van der Waals surface area contributed by atoms with Gasteiger partial charge in [-0.05, 0) is 19.1 Å². The molecule has 0 spiro atoms. The van der Waals surface area contributed by atoms with E-state index in [0.717, 1.165) is 0 Å². The second-order valence-corrected chi connectivity index (χ2v) is 5.47. The molecule has 2 unspecified atom stereocenters. The molecule has 0 aliphatic rings. The van der Waals surface area contributed by atoms with Crippen LogP contribution in [0.1, 0.15) is 6.92 Å². The van der Waals surface area contributed by atoms with E-state index in [9.17, 15) is 14.3 Å². The summed E-state index contributed by atoms with van der Waals surface area (Å²) >= 11 is 0. The number of benzene rings is 1. The molecule has 1 aromatic carbocycles. The smallest absolute Gasteiger partial charge is 0.377 e. The summed E-state index contributed by atoms with van der Waals surface area (Å²) in [5, 5.41) is 15.8. The fourth-order valence-corrected chi connectivity index (χ4v) is 1.72. The molecular formula is C11H18NO6P. The Hall–Kier alpha value is -1.40. The molecule has 5 N–H and O–H groups in total. The molecule has 0 saturated heterocycles. The molecule has 7 nitrogen and oxygen atoms in total. The number of aliphatic carboxylic acids is 1. The van der Waals surface area contributed by atoms with Crippen molar-refractivity contribution in [2.24, 2.45) is 5.73 Å². The van der Waals surface area contributed by atoms with Crippen LogP contribution in [-0.4, -0.2) is 39.9 Å². The largest absolute Gasteiger partial charge is 0.479 e. The lowest BCUT2D eigenvalue weighted by Gasteiger charge is -2.11.